The largest absolute Gasteiger partial charge is 0.333 e. The lowest BCUT2D eigenvalue weighted by atomic mass is 10.1. The Bertz CT molecular complexity index is 1280. The van der Waals surface area contributed by atoms with Crippen molar-refractivity contribution in [3.63, 3.8) is 0 Å². The van der Waals surface area contributed by atoms with Crippen LogP contribution in [0.4, 0.5) is 10.1 Å². The van der Waals surface area contributed by atoms with Crippen molar-refractivity contribution in [3.05, 3.63) is 71.4 Å². The second kappa shape index (κ2) is 8.00. The number of hydrogen-bond acceptors (Lipinski definition) is 6. The van der Waals surface area contributed by atoms with Crippen LogP contribution in [0.3, 0.4) is 0 Å². The predicted molar refractivity (Wildman–Crippen MR) is 114 cm³/mol. The number of halogens is 1. The molecule has 0 aliphatic rings. The number of thiophene rings is 1. The topological polar surface area (TPSA) is 76.3 Å². The van der Waals surface area contributed by atoms with Crippen molar-refractivity contribution in [2.45, 2.75) is 18.2 Å². The first kappa shape index (κ1) is 20.2. The summed E-state index contributed by atoms with van der Waals surface area (Å²) in [4.78, 5) is 4.68. The van der Waals surface area contributed by atoms with Gasteiger partial charge in [-0.1, -0.05) is 36.3 Å². The summed E-state index contributed by atoms with van der Waals surface area (Å²) in [5.74, 6) is -0.170. The van der Waals surface area contributed by atoms with E-state index in [-0.39, 0.29) is 16.6 Å². The summed E-state index contributed by atoms with van der Waals surface area (Å²) in [5.41, 5.74) is 2.12. The van der Waals surface area contributed by atoms with E-state index >= 15 is 0 Å². The number of rotatable bonds is 6. The third kappa shape index (κ3) is 3.73. The van der Waals surface area contributed by atoms with Crippen LogP contribution in [0.2, 0.25) is 0 Å². The van der Waals surface area contributed by atoms with Crippen LogP contribution >= 0.6 is 11.3 Å². The van der Waals surface area contributed by atoms with E-state index in [9.17, 15) is 12.8 Å². The van der Waals surface area contributed by atoms with Gasteiger partial charge in [-0.3, -0.25) is 4.31 Å². The Labute approximate surface area is 177 Å². The molecule has 2 aromatic heterocycles. The van der Waals surface area contributed by atoms with Crippen molar-refractivity contribution in [2.75, 3.05) is 11.4 Å². The van der Waals surface area contributed by atoms with Gasteiger partial charge in [0.05, 0.1) is 5.69 Å². The first-order chi connectivity index (χ1) is 14.4. The molecule has 0 N–H and O–H groups in total. The molecule has 4 rings (SSSR count). The zero-order chi connectivity index (χ0) is 21.3. The fourth-order valence-electron chi connectivity index (χ4n) is 2.94. The summed E-state index contributed by atoms with van der Waals surface area (Å²) in [7, 11) is -2.35. The first-order valence-electron chi connectivity index (χ1n) is 9.15. The van der Waals surface area contributed by atoms with Crippen LogP contribution in [0.15, 0.2) is 69.4 Å². The highest BCUT2D eigenvalue weighted by Gasteiger charge is 2.28. The van der Waals surface area contributed by atoms with E-state index in [1.807, 2.05) is 19.1 Å². The Kier molecular flexibility index (Phi) is 5.40. The normalized spacial score (nSPS) is 11.6. The van der Waals surface area contributed by atoms with Gasteiger partial charge in [0.1, 0.15) is 15.6 Å². The average Bonchev–Trinajstić information content (AvgIpc) is 3.43. The van der Waals surface area contributed by atoms with E-state index in [0.717, 1.165) is 12.0 Å². The third-order valence-electron chi connectivity index (χ3n) is 4.68. The number of hydrogen-bond donors (Lipinski definition) is 0. The summed E-state index contributed by atoms with van der Waals surface area (Å²) in [5, 5.41) is 5.53. The van der Waals surface area contributed by atoms with Crippen LogP contribution in [-0.2, 0) is 16.4 Å². The van der Waals surface area contributed by atoms with E-state index in [1.54, 1.807) is 29.6 Å². The van der Waals surface area contributed by atoms with E-state index in [1.165, 1.54) is 40.9 Å². The molecule has 0 unspecified atom stereocenters. The molecule has 0 spiro atoms. The smallest absolute Gasteiger partial charge is 0.269 e. The van der Waals surface area contributed by atoms with Crippen molar-refractivity contribution in [3.8, 4) is 22.2 Å². The molecule has 6 nitrogen and oxygen atoms in total. The van der Waals surface area contributed by atoms with Gasteiger partial charge in [0.2, 0.25) is 5.82 Å². The second-order valence-corrected chi connectivity index (χ2v) is 9.39. The molecular weight excluding hydrogens is 425 g/mol. The van der Waals surface area contributed by atoms with Crippen LogP contribution in [0, 0.1) is 5.82 Å². The summed E-state index contributed by atoms with van der Waals surface area (Å²) in [6.45, 7) is 2.04. The minimum Gasteiger partial charge on any atom is -0.333 e. The number of aryl methyl sites for hydroxylation is 1. The summed E-state index contributed by atoms with van der Waals surface area (Å²) in [6, 6.07) is 14.7. The van der Waals surface area contributed by atoms with Crippen LogP contribution < -0.4 is 4.31 Å². The fraction of sp³-hybridized carbons (Fsp3) is 0.143. The van der Waals surface area contributed by atoms with Crippen molar-refractivity contribution < 1.29 is 17.3 Å². The lowest BCUT2D eigenvalue weighted by Gasteiger charge is -2.19. The van der Waals surface area contributed by atoms with Crippen molar-refractivity contribution in [1.82, 2.24) is 10.1 Å². The zero-order valence-corrected chi connectivity index (χ0v) is 17.9. The molecule has 9 heteroatoms. The van der Waals surface area contributed by atoms with Crippen LogP contribution in [0.25, 0.3) is 22.2 Å². The molecular formula is C21H18FN3O3S2. The minimum atomic E-state index is -3.85. The second-order valence-electron chi connectivity index (χ2n) is 6.54. The maximum atomic E-state index is 13.5. The molecule has 0 bridgehead atoms. The van der Waals surface area contributed by atoms with Gasteiger partial charge < -0.3 is 4.52 Å². The summed E-state index contributed by atoms with van der Waals surface area (Å²) < 4.78 is 46.5. The molecule has 0 aliphatic heterocycles. The molecule has 30 heavy (non-hydrogen) atoms. The van der Waals surface area contributed by atoms with Gasteiger partial charge in [-0.05, 0) is 47.7 Å². The van der Waals surface area contributed by atoms with Gasteiger partial charge in [-0.2, -0.15) is 4.98 Å². The first-order valence-corrected chi connectivity index (χ1v) is 11.5. The van der Waals surface area contributed by atoms with Crippen molar-refractivity contribution >= 4 is 27.0 Å². The van der Waals surface area contributed by atoms with Gasteiger partial charge >= 0.3 is 0 Å². The molecule has 0 fully saturated rings. The Morgan fingerprint density at radius 3 is 2.60 bits per heavy atom. The van der Waals surface area contributed by atoms with Gasteiger partial charge in [0.15, 0.2) is 0 Å². The molecule has 0 saturated carbocycles. The van der Waals surface area contributed by atoms with Crippen LogP contribution in [-0.4, -0.2) is 25.6 Å². The molecule has 4 aromatic rings. The van der Waals surface area contributed by atoms with Crippen LogP contribution in [0.5, 0.6) is 0 Å². The highest BCUT2D eigenvalue weighted by atomic mass is 32.2. The predicted octanol–water partition coefficient (Wildman–Crippen LogP) is 4.99. The Hall–Kier alpha value is -3.04. The fourth-order valence-corrected chi connectivity index (χ4v) is 5.46. The lowest BCUT2D eigenvalue weighted by molar-refractivity contribution is 0.432. The van der Waals surface area contributed by atoms with Gasteiger partial charge in [0.25, 0.3) is 15.9 Å². The Morgan fingerprint density at radius 1 is 1.13 bits per heavy atom. The molecule has 0 atom stereocenters. The van der Waals surface area contributed by atoms with E-state index in [4.69, 9.17) is 4.52 Å². The zero-order valence-electron chi connectivity index (χ0n) is 16.2. The Morgan fingerprint density at radius 2 is 1.90 bits per heavy atom. The number of anilines is 1. The number of nitrogens with zero attached hydrogens (tertiary/aromatic N) is 3. The van der Waals surface area contributed by atoms with Gasteiger partial charge in [0, 0.05) is 12.6 Å². The quantitative estimate of drug-likeness (QED) is 0.420. The molecule has 154 valence electrons. The molecule has 0 radical (unpaired) electrons. The maximum Gasteiger partial charge on any atom is 0.269 e. The van der Waals surface area contributed by atoms with Crippen molar-refractivity contribution in [1.29, 1.82) is 0 Å². The third-order valence-corrected chi connectivity index (χ3v) is 7.54. The van der Waals surface area contributed by atoms with E-state index in [2.05, 4.69) is 10.1 Å². The maximum absolute atomic E-state index is 13.5. The van der Waals surface area contributed by atoms with Crippen molar-refractivity contribution in [2.24, 2.45) is 0 Å². The number of benzene rings is 2. The average molecular weight is 444 g/mol. The SMILES string of the molecule is CCc1ccc(N(C)S(=O)(=O)c2ccsc2-c2nc(-c3cccc(F)c3)no2)cc1. The van der Waals surface area contributed by atoms with Crippen LogP contribution in [0.1, 0.15) is 12.5 Å². The highest BCUT2D eigenvalue weighted by molar-refractivity contribution is 7.93. The molecule has 0 aliphatic carbocycles. The molecule has 0 saturated heterocycles. The summed E-state index contributed by atoms with van der Waals surface area (Å²) in [6.07, 6.45) is 0.871. The molecule has 2 aromatic carbocycles. The van der Waals surface area contributed by atoms with E-state index < -0.39 is 15.8 Å². The van der Waals surface area contributed by atoms with Gasteiger partial charge in [-0.15, -0.1) is 11.3 Å². The lowest BCUT2D eigenvalue weighted by Crippen LogP contribution is -2.26. The molecule has 2 heterocycles. The van der Waals surface area contributed by atoms with Gasteiger partial charge in [-0.25, -0.2) is 12.8 Å². The Balaban J connectivity index is 1.69. The highest BCUT2D eigenvalue weighted by Crippen LogP contribution is 2.35. The van der Waals surface area contributed by atoms with E-state index in [0.29, 0.717) is 16.1 Å². The standard InChI is InChI=1S/C21H18FN3O3S2/c1-3-14-7-9-17(10-8-14)25(2)30(26,27)18-11-12-29-19(18)21-23-20(24-28-21)15-5-4-6-16(22)13-15/h4-13H,3H2,1-2H3. The number of sulfonamides is 1. The minimum absolute atomic E-state index is 0.0672. The summed E-state index contributed by atoms with van der Waals surface area (Å²) >= 11 is 1.18. The monoisotopic (exact) mass is 443 g/mol. The molecule has 0 amide bonds. The number of aromatic nitrogens is 2.